The molecule has 0 aromatic carbocycles. The highest BCUT2D eigenvalue weighted by Crippen LogP contribution is 2.42. The molecule has 0 heterocycles. The van der Waals surface area contributed by atoms with Crippen molar-refractivity contribution in [2.45, 2.75) is 213 Å². The van der Waals surface area contributed by atoms with Gasteiger partial charge < -0.3 is 14.4 Å². The van der Waals surface area contributed by atoms with E-state index in [0.29, 0.717) is 6.42 Å². The molecule has 8 nitrogen and oxygen atoms in total. The van der Waals surface area contributed by atoms with Gasteiger partial charge in [-0.1, -0.05) is 166 Å². The van der Waals surface area contributed by atoms with Crippen molar-refractivity contribution in [3.05, 3.63) is 36.5 Å². The number of esters is 2. The average Bonchev–Trinajstić information content (AvgIpc) is 3.15. The Labute approximate surface area is 325 Å². The summed E-state index contributed by atoms with van der Waals surface area (Å²) >= 11 is 0. The number of phosphoric ester groups is 1. The van der Waals surface area contributed by atoms with Crippen molar-refractivity contribution in [1.29, 1.82) is 0 Å². The minimum atomic E-state index is -4.26. The van der Waals surface area contributed by atoms with E-state index in [9.17, 15) is 19.0 Å². The fraction of sp³-hybridized carbons (Fsp3) is 0.818. The molecule has 0 saturated heterocycles. The number of rotatable bonds is 40. The average molecular weight is 769 g/mol. The lowest BCUT2D eigenvalue weighted by atomic mass is 10.0. The van der Waals surface area contributed by atoms with Gasteiger partial charge in [-0.2, -0.15) is 0 Å². The summed E-state index contributed by atoms with van der Waals surface area (Å²) in [5, 5.41) is 0. The molecule has 0 aromatic heterocycles. The first-order valence-corrected chi connectivity index (χ1v) is 23.2. The Kier molecular flexibility index (Phi) is 38.6. The van der Waals surface area contributed by atoms with E-state index < -0.39 is 26.5 Å². The predicted molar refractivity (Wildman–Crippen MR) is 221 cm³/mol. The standard InChI is InChI=1S/C44H81O8P/c1-4-6-8-10-12-14-16-17-18-19-20-21-22-23-24-25-26-27-29-31-33-35-37-39-44(46)52-42(41-51-53(47,48)49-3)40-50-43(45)38-36-34-32-30-28-15-13-11-9-7-5-2/h11,13,16-17,19-20,42H,4-10,12,14-15,18,21-41H2,1-3H3,(H,47,48)/b13-11-,17-16-,20-19-. The van der Waals surface area contributed by atoms with Crippen LogP contribution in [-0.2, 0) is 32.7 Å². The van der Waals surface area contributed by atoms with Crippen LogP contribution in [0.4, 0.5) is 0 Å². The highest BCUT2D eigenvalue weighted by molar-refractivity contribution is 7.47. The van der Waals surface area contributed by atoms with Crippen molar-refractivity contribution in [3.8, 4) is 0 Å². The first-order valence-electron chi connectivity index (χ1n) is 21.7. The number of ether oxygens (including phenoxy) is 2. The van der Waals surface area contributed by atoms with Crippen LogP contribution in [-0.4, -0.2) is 43.3 Å². The molecule has 0 aliphatic heterocycles. The largest absolute Gasteiger partial charge is 0.472 e. The third-order valence-corrected chi connectivity index (χ3v) is 10.3. The summed E-state index contributed by atoms with van der Waals surface area (Å²) in [5.41, 5.74) is 0. The fourth-order valence-corrected chi connectivity index (χ4v) is 6.42. The summed E-state index contributed by atoms with van der Waals surface area (Å²) in [5.74, 6) is -0.815. The molecule has 9 heteroatoms. The maximum atomic E-state index is 12.5. The Morgan fingerprint density at radius 2 is 0.925 bits per heavy atom. The van der Waals surface area contributed by atoms with Gasteiger partial charge >= 0.3 is 19.8 Å². The molecule has 0 saturated carbocycles. The Bertz CT molecular complexity index is 963. The van der Waals surface area contributed by atoms with Crippen LogP contribution >= 0.6 is 7.82 Å². The molecule has 0 spiro atoms. The molecule has 2 unspecified atom stereocenters. The van der Waals surface area contributed by atoms with E-state index in [0.717, 1.165) is 71.3 Å². The first-order chi connectivity index (χ1) is 25.8. The molecule has 0 bridgehead atoms. The highest BCUT2D eigenvalue weighted by Gasteiger charge is 2.24. The fourth-order valence-electron chi connectivity index (χ4n) is 5.96. The predicted octanol–water partition coefficient (Wildman–Crippen LogP) is 13.6. The van der Waals surface area contributed by atoms with Crippen LogP contribution in [0.1, 0.15) is 206 Å². The van der Waals surface area contributed by atoms with Gasteiger partial charge in [0.2, 0.25) is 0 Å². The van der Waals surface area contributed by atoms with E-state index in [2.05, 4.69) is 54.8 Å². The summed E-state index contributed by atoms with van der Waals surface area (Å²) in [6.45, 7) is 3.83. The minimum absolute atomic E-state index is 0.229. The number of phosphoric acid groups is 1. The van der Waals surface area contributed by atoms with E-state index in [1.165, 1.54) is 109 Å². The Morgan fingerprint density at radius 1 is 0.528 bits per heavy atom. The second-order valence-electron chi connectivity index (χ2n) is 14.5. The van der Waals surface area contributed by atoms with Crippen LogP contribution in [0.15, 0.2) is 36.5 Å². The molecule has 53 heavy (non-hydrogen) atoms. The van der Waals surface area contributed by atoms with Gasteiger partial charge in [0.15, 0.2) is 6.10 Å². The summed E-state index contributed by atoms with van der Waals surface area (Å²) < 4.78 is 31.9. The number of carbonyl (C=O) groups excluding carboxylic acids is 2. The lowest BCUT2D eigenvalue weighted by Gasteiger charge is -2.19. The topological polar surface area (TPSA) is 108 Å². The molecule has 2 atom stereocenters. The summed E-state index contributed by atoms with van der Waals surface area (Å²) in [6.07, 6.45) is 46.3. The summed E-state index contributed by atoms with van der Waals surface area (Å²) in [4.78, 5) is 34.4. The van der Waals surface area contributed by atoms with Crippen LogP contribution < -0.4 is 0 Å². The second-order valence-corrected chi connectivity index (χ2v) is 16.0. The molecule has 1 N–H and O–H groups in total. The minimum Gasteiger partial charge on any atom is -0.462 e. The van der Waals surface area contributed by atoms with Crippen molar-refractivity contribution in [3.63, 3.8) is 0 Å². The van der Waals surface area contributed by atoms with Crippen LogP contribution in [0.2, 0.25) is 0 Å². The molecule has 0 radical (unpaired) electrons. The lowest BCUT2D eigenvalue weighted by molar-refractivity contribution is -0.161. The zero-order chi connectivity index (χ0) is 38.9. The van der Waals surface area contributed by atoms with Crippen molar-refractivity contribution in [2.75, 3.05) is 20.3 Å². The molecule has 0 fully saturated rings. The van der Waals surface area contributed by atoms with Crippen LogP contribution in [0.3, 0.4) is 0 Å². The van der Waals surface area contributed by atoms with Gasteiger partial charge in [-0.3, -0.25) is 18.6 Å². The monoisotopic (exact) mass is 769 g/mol. The normalized spacial score (nSPS) is 13.7. The molecule has 0 rings (SSSR count). The molecular formula is C44H81O8P. The second kappa shape index (κ2) is 39.9. The zero-order valence-electron chi connectivity index (χ0n) is 34.4. The van der Waals surface area contributed by atoms with Gasteiger partial charge in [0, 0.05) is 20.0 Å². The third kappa shape index (κ3) is 39.8. The van der Waals surface area contributed by atoms with E-state index in [4.69, 9.17) is 14.0 Å². The van der Waals surface area contributed by atoms with Crippen LogP contribution in [0.5, 0.6) is 0 Å². The zero-order valence-corrected chi connectivity index (χ0v) is 35.3. The van der Waals surface area contributed by atoms with Gasteiger partial charge in [0.05, 0.1) is 6.61 Å². The van der Waals surface area contributed by atoms with Crippen LogP contribution in [0, 0.1) is 0 Å². The Hall–Kier alpha value is -1.73. The molecule has 0 aromatic rings. The quantitative estimate of drug-likeness (QED) is 0.0284. The van der Waals surface area contributed by atoms with Crippen LogP contribution in [0.25, 0.3) is 0 Å². The van der Waals surface area contributed by atoms with Crippen molar-refractivity contribution < 1.29 is 37.6 Å². The van der Waals surface area contributed by atoms with Gasteiger partial charge in [0.1, 0.15) is 6.61 Å². The molecule has 0 aliphatic rings. The van der Waals surface area contributed by atoms with Crippen molar-refractivity contribution >= 4 is 19.8 Å². The van der Waals surface area contributed by atoms with Crippen molar-refractivity contribution in [1.82, 2.24) is 0 Å². The molecule has 0 aliphatic carbocycles. The lowest BCUT2D eigenvalue weighted by Crippen LogP contribution is -2.29. The Morgan fingerprint density at radius 3 is 1.40 bits per heavy atom. The molecule has 310 valence electrons. The van der Waals surface area contributed by atoms with Crippen molar-refractivity contribution in [2.24, 2.45) is 0 Å². The SMILES string of the molecule is CCCC/C=C\CCCCCCCC(=O)OCC(COP(=O)(O)OC)OC(=O)CCCCCCCCCCCCC/C=C\C/C=C\CCCCCCC. The highest BCUT2D eigenvalue weighted by atomic mass is 31.2. The smallest absolute Gasteiger partial charge is 0.462 e. The number of carbonyl (C=O) groups is 2. The maximum absolute atomic E-state index is 12.5. The number of allylic oxidation sites excluding steroid dienone is 6. The molecular weight excluding hydrogens is 687 g/mol. The van der Waals surface area contributed by atoms with Gasteiger partial charge in [-0.15, -0.1) is 0 Å². The maximum Gasteiger partial charge on any atom is 0.472 e. The van der Waals surface area contributed by atoms with E-state index >= 15 is 0 Å². The summed E-state index contributed by atoms with van der Waals surface area (Å²) in [7, 11) is -3.20. The number of unbranched alkanes of at least 4 members (excludes halogenated alkanes) is 23. The summed E-state index contributed by atoms with van der Waals surface area (Å²) in [6, 6.07) is 0. The van der Waals surface area contributed by atoms with Gasteiger partial charge in [0.25, 0.3) is 0 Å². The Balaban J connectivity index is 3.93. The third-order valence-electron chi connectivity index (χ3n) is 9.36. The van der Waals surface area contributed by atoms with E-state index in [1.54, 1.807) is 0 Å². The van der Waals surface area contributed by atoms with E-state index in [-0.39, 0.29) is 25.4 Å². The first kappa shape index (κ1) is 51.3. The number of hydrogen-bond donors (Lipinski definition) is 1. The molecule has 0 amide bonds. The van der Waals surface area contributed by atoms with E-state index in [1.807, 2.05) is 0 Å². The van der Waals surface area contributed by atoms with Gasteiger partial charge in [-0.25, -0.2) is 4.57 Å². The van der Waals surface area contributed by atoms with Gasteiger partial charge in [-0.05, 0) is 64.2 Å². The number of hydrogen-bond acceptors (Lipinski definition) is 7.